The van der Waals surface area contributed by atoms with E-state index in [0.717, 1.165) is 28.4 Å². The van der Waals surface area contributed by atoms with Crippen molar-refractivity contribution in [3.63, 3.8) is 0 Å². The minimum atomic E-state index is -0.291. The summed E-state index contributed by atoms with van der Waals surface area (Å²) in [7, 11) is 9.80. The van der Waals surface area contributed by atoms with E-state index in [2.05, 4.69) is 20.0 Å². The van der Waals surface area contributed by atoms with E-state index in [4.69, 9.17) is 39.4 Å². The third-order valence-corrected chi connectivity index (χ3v) is 10.3. The number of rotatable bonds is 20. The second-order valence-electron chi connectivity index (χ2n) is 16.5. The van der Waals surface area contributed by atoms with Crippen molar-refractivity contribution in [2.75, 3.05) is 83.3 Å². The molecule has 0 radical (unpaired) electrons. The standard InChI is InChI=1S/4C13H18NO3.4CH4O.4Ni/c4*1-9(2)11(8-15)14-7-10-5-4-6-12(17-3)13(10)16;4*1-2;;;;/h4*4-7,9,11,16H,8H2,1-3H3;4*2H,1H3;;;;/q4*-1;;;;;4*+2/p-4/t4*11-;;;;;;;;/m1100......../s1. The van der Waals surface area contributed by atoms with E-state index < -0.39 is 0 Å². The van der Waals surface area contributed by atoms with Gasteiger partial charge < -0.3 is 80.2 Å². The zero-order valence-corrected chi connectivity index (χ0v) is 52.4. The summed E-state index contributed by atoms with van der Waals surface area (Å²) in [5.41, 5.74) is 1.79. The van der Waals surface area contributed by atoms with Crippen LogP contribution in [0.2, 0.25) is 0 Å². The normalized spacial score (nSPS) is 11.6. The number of hydrogen-bond acceptors (Lipinski definition) is 20. The van der Waals surface area contributed by atoms with Crippen molar-refractivity contribution in [3.05, 3.63) is 95.1 Å². The van der Waals surface area contributed by atoms with Gasteiger partial charge >= 0.3 is 66.0 Å². The number of aliphatic hydroxyl groups is 4. The maximum Gasteiger partial charge on any atom is 2.00 e. The van der Waals surface area contributed by atoms with E-state index in [1.54, 1.807) is 72.8 Å². The Morgan fingerprint density at radius 1 is 0.338 bits per heavy atom. The monoisotopic (exact) mass is 1300 g/mol. The molecule has 0 heterocycles. The van der Waals surface area contributed by atoms with Crippen molar-refractivity contribution in [1.82, 2.24) is 0 Å². The van der Waals surface area contributed by atoms with E-state index in [9.17, 15) is 40.9 Å². The van der Waals surface area contributed by atoms with Gasteiger partial charge in [-0.05, 0) is 70.2 Å². The summed E-state index contributed by atoms with van der Waals surface area (Å²) >= 11 is 0. The molecule has 4 atom stereocenters. The number of methoxy groups -OCH3 is 4. The van der Waals surface area contributed by atoms with Gasteiger partial charge in [0.1, 0.15) is 23.0 Å². The van der Waals surface area contributed by atoms with E-state index >= 15 is 0 Å². The summed E-state index contributed by atoms with van der Waals surface area (Å²) in [5, 5.41) is 119. The second-order valence-corrected chi connectivity index (χ2v) is 16.5. The molecule has 0 amide bonds. The summed E-state index contributed by atoms with van der Waals surface area (Å²) in [6.45, 7) is 14.4. The predicted octanol–water partition coefficient (Wildman–Crippen LogP) is 0.714. The smallest absolute Gasteiger partial charge is 0.870 e. The molecule has 20 nitrogen and oxygen atoms in total. The molecule has 0 aromatic heterocycles. The Labute approximate surface area is 515 Å². The molecular weight excluding hydrogens is 1220 g/mol. The zero-order valence-electron chi connectivity index (χ0n) is 48.4. The van der Waals surface area contributed by atoms with Crippen molar-refractivity contribution in [3.8, 4) is 46.0 Å². The van der Waals surface area contributed by atoms with Crippen LogP contribution in [0.4, 0.5) is 0 Å². The quantitative estimate of drug-likeness (QED) is 0.0699. The van der Waals surface area contributed by atoms with E-state index in [-0.39, 0.29) is 186 Å². The Balaban J connectivity index is -0.000000136. The first kappa shape index (κ1) is 92.1. The minimum absolute atomic E-state index is 0. The van der Waals surface area contributed by atoms with Gasteiger partial charge in [-0.3, -0.25) is 20.0 Å². The van der Waals surface area contributed by atoms with Gasteiger partial charge in [0.25, 0.3) is 0 Å². The number of ether oxygens (including phenoxy) is 4. The van der Waals surface area contributed by atoms with Crippen LogP contribution in [0, 0.1) is 23.7 Å². The first-order valence-electron chi connectivity index (χ1n) is 24.0. The fourth-order valence-electron chi connectivity index (χ4n) is 5.52. The average Bonchev–Trinajstić information content (AvgIpc) is 3.43. The number of nitrogens with zero attached hydrogens (tertiary/aromatic N) is 4. The van der Waals surface area contributed by atoms with Gasteiger partial charge in [0.2, 0.25) is 0 Å². The summed E-state index contributed by atoms with van der Waals surface area (Å²) in [4.78, 5) is 16.6. The molecule has 0 saturated carbocycles. The Morgan fingerprint density at radius 2 is 0.487 bits per heavy atom. The van der Waals surface area contributed by atoms with Crippen LogP contribution < -0.4 is 59.8 Å². The van der Waals surface area contributed by atoms with Crippen LogP contribution in [0.25, 0.3) is 0 Å². The fraction of sp³-hybridized carbons (Fsp3) is 0.500. The number of benzene rings is 4. The van der Waals surface area contributed by atoms with Gasteiger partial charge in [-0.15, -0.1) is 26.4 Å². The molecule has 0 saturated heterocycles. The van der Waals surface area contributed by atoms with Crippen molar-refractivity contribution in [1.29, 1.82) is 0 Å². The predicted molar refractivity (Wildman–Crippen MR) is 287 cm³/mol. The number of hydrogen-bond donors (Lipinski definition) is 4. The van der Waals surface area contributed by atoms with Crippen molar-refractivity contribution < 1.29 is 146 Å². The van der Waals surface area contributed by atoms with Gasteiger partial charge in [-0.1, -0.05) is 127 Å². The molecule has 0 aliphatic carbocycles. The Kier molecular flexibility index (Phi) is 66.6. The van der Waals surface area contributed by atoms with Gasteiger partial charge in [0, 0.05) is 77.5 Å². The van der Waals surface area contributed by atoms with Crippen LogP contribution in [-0.2, 0) is 66.0 Å². The zero-order chi connectivity index (χ0) is 59.3. The minimum Gasteiger partial charge on any atom is -0.870 e. The Hall–Kier alpha value is -4.39. The first-order chi connectivity index (χ1) is 36.4. The first-order valence-corrected chi connectivity index (χ1v) is 24.0. The van der Waals surface area contributed by atoms with E-state index in [1.807, 2.05) is 55.4 Å². The third kappa shape index (κ3) is 36.2. The molecule has 80 heavy (non-hydrogen) atoms. The van der Waals surface area contributed by atoms with Crippen LogP contribution >= 0.6 is 0 Å². The molecule has 4 N–H and O–H groups in total. The maximum absolute atomic E-state index is 11.8. The molecular formula is C56H84N4Ni4O16. The fourth-order valence-corrected chi connectivity index (χ4v) is 5.52. The van der Waals surface area contributed by atoms with E-state index in [0.29, 0.717) is 22.3 Å². The summed E-state index contributed by atoms with van der Waals surface area (Å²) in [6.07, 6.45) is 5.86. The molecule has 0 aliphatic rings. The number of aliphatic imine (C=N–C) groups is 4. The largest absolute Gasteiger partial charge is 2.00 e. The van der Waals surface area contributed by atoms with Crippen LogP contribution in [0.3, 0.4) is 0 Å². The molecule has 4 rings (SSSR count). The second kappa shape index (κ2) is 57.8. The SMILES string of the molecule is CO.CO.CO.CO.COc1cccc(C=N[C@@H](C[O-])C(C)C)c1[O-].COc1cccc(C=N[C@@H](C[O-])C(C)C)c1[O-].COc1cccc(C=N[C@H](C[O-])C(C)C)c1[O-].COc1cccc(C=N[C@H](C[O-])C(C)C)c1[O-].[Ni+2].[Ni+2].[Ni+2].[Ni+2]. The summed E-state index contributed by atoms with van der Waals surface area (Å²) in [6, 6.07) is 18.8. The Bertz CT molecular complexity index is 1890. The molecule has 0 spiro atoms. The van der Waals surface area contributed by atoms with Gasteiger partial charge in [0.05, 0.1) is 28.4 Å². The average molecular weight is 1300 g/mol. The molecule has 0 bridgehead atoms. The van der Waals surface area contributed by atoms with Crippen molar-refractivity contribution in [2.45, 2.75) is 79.6 Å². The molecule has 4 aromatic carbocycles. The van der Waals surface area contributed by atoms with Gasteiger partial charge in [-0.2, -0.15) is 0 Å². The van der Waals surface area contributed by atoms with Crippen LogP contribution in [0.15, 0.2) is 92.8 Å². The van der Waals surface area contributed by atoms with Gasteiger partial charge in [0.15, 0.2) is 0 Å². The number of aliphatic hydroxyl groups excluding tert-OH is 4. The Morgan fingerprint density at radius 3 is 0.600 bits per heavy atom. The van der Waals surface area contributed by atoms with Crippen LogP contribution in [0.1, 0.15) is 77.6 Å². The molecule has 0 unspecified atom stereocenters. The molecule has 24 heteroatoms. The topological polar surface area (TPSA) is 352 Å². The summed E-state index contributed by atoms with van der Waals surface area (Å²) in [5.74, 6) is 1.03. The third-order valence-electron chi connectivity index (χ3n) is 10.3. The molecule has 464 valence electrons. The van der Waals surface area contributed by atoms with E-state index in [1.165, 1.54) is 53.3 Å². The molecule has 0 aliphatic heterocycles. The maximum atomic E-state index is 11.8. The van der Waals surface area contributed by atoms with Crippen LogP contribution in [-0.4, -0.2) is 153 Å². The molecule has 4 aromatic rings. The summed E-state index contributed by atoms with van der Waals surface area (Å²) < 4.78 is 19.7. The van der Waals surface area contributed by atoms with Crippen LogP contribution in [0.5, 0.6) is 46.0 Å². The molecule has 0 fully saturated rings. The van der Waals surface area contributed by atoms with Crippen molar-refractivity contribution in [2.24, 2.45) is 43.6 Å². The number of para-hydroxylation sites is 4. The van der Waals surface area contributed by atoms with Crippen molar-refractivity contribution >= 4 is 24.9 Å². The van der Waals surface area contributed by atoms with Gasteiger partial charge in [-0.25, -0.2) is 0 Å².